The summed E-state index contributed by atoms with van der Waals surface area (Å²) in [6, 6.07) is 0. The van der Waals surface area contributed by atoms with Gasteiger partial charge in [0.25, 0.3) is 0 Å². The first-order valence-electron chi connectivity index (χ1n) is 7.27. The Morgan fingerprint density at radius 1 is 1.00 bits per heavy atom. The number of carbonyl (C=O) groups excluding carboxylic acids is 1. The van der Waals surface area contributed by atoms with Crippen LogP contribution in [0.4, 0.5) is 0 Å². The first-order valence-corrected chi connectivity index (χ1v) is 9.00. The second kappa shape index (κ2) is 7.26. The fourth-order valence-electron chi connectivity index (χ4n) is 1.86. The molecule has 2 atom stereocenters. The lowest BCUT2D eigenvalue weighted by atomic mass is 9.98. The van der Waals surface area contributed by atoms with Crippen LogP contribution < -0.4 is 0 Å². The van der Waals surface area contributed by atoms with Crippen LogP contribution in [-0.4, -0.2) is 30.4 Å². The SMILES string of the molecule is COC(=O)[C@@H](C)[C@@H](C)CP(=O)(OC(C)(C)C)OC(C)(C)C. The summed E-state index contributed by atoms with van der Waals surface area (Å²) in [5.74, 6) is -0.857. The van der Waals surface area contributed by atoms with Crippen LogP contribution in [0, 0.1) is 11.8 Å². The van der Waals surface area contributed by atoms with Crippen molar-refractivity contribution in [3.8, 4) is 0 Å². The van der Waals surface area contributed by atoms with E-state index in [1.807, 2.05) is 48.5 Å². The average Bonchev–Trinajstić information content (AvgIpc) is 2.20. The fourth-order valence-corrected chi connectivity index (χ4v) is 4.73. The third kappa shape index (κ3) is 8.60. The Balaban J connectivity index is 5.16. The molecule has 0 aromatic heterocycles. The van der Waals surface area contributed by atoms with Crippen LogP contribution in [0.15, 0.2) is 0 Å². The molecule has 0 N–H and O–H groups in total. The van der Waals surface area contributed by atoms with Crippen molar-refractivity contribution < 1.29 is 23.1 Å². The third-order valence-electron chi connectivity index (χ3n) is 2.76. The van der Waals surface area contributed by atoms with Crippen LogP contribution in [0.5, 0.6) is 0 Å². The van der Waals surface area contributed by atoms with E-state index in [0.717, 1.165) is 0 Å². The van der Waals surface area contributed by atoms with E-state index in [1.165, 1.54) is 7.11 Å². The lowest BCUT2D eigenvalue weighted by Crippen LogP contribution is -2.29. The van der Waals surface area contributed by atoms with Crippen molar-refractivity contribution in [1.29, 1.82) is 0 Å². The molecule has 0 heterocycles. The summed E-state index contributed by atoms with van der Waals surface area (Å²) < 4.78 is 29.2. The Labute approximate surface area is 129 Å². The maximum atomic E-state index is 13.1. The Hall–Kier alpha value is -0.380. The van der Waals surface area contributed by atoms with Crippen molar-refractivity contribution in [2.75, 3.05) is 13.3 Å². The number of carbonyl (C=O) groups is 1. The maximum Gasteiger partial charge on any atom is 0.331 e. The van der Waals surface area contributed by atoms with Gasteiger partial charge in [0.05, 0.1) is 30.4 Å². The molecule has 126 valence electrons. The Bertz CT molecular complexity index is 372. The quantitative estimate of drug-likeness (QED) is 0.540. The molecule has 0 radical (unpaired) electrons. The van der Waals surface area contributed by atoms with E-state index in [4.69, 9.17) is 13.8 Å². The van der Waals surface area contributed by atoms with E-state index in [9.17, 15) is 9.36 Å². The molecule has 0 aliphatic heterocycles. The standard InChI is InChI=1S/C15H31O5P/c1-11(12(2)13(16)18-9)10-21(17,19-14(3,4)5)20-15(6,7)8/h11-12H,10H2,1-9H3/t11-,12-/m0/s1. The van der Waals surface area contributed by atoms with Gasteiger partial charge in [0.2, 0.25) is 0 Å². The molecule has 21 heavy (non-hydrogen) atoms. The molecule has 0 bridgehead atoms. The van der Waals surface area contributed by atoms with Crippen LogP contribution >= 0.6 is 7.60 Å². The fraction of sp³-hybridized carbons (Fsp3) is 0.933. The highest BCUT2D eigenvalue weighted by Crippen LogP contribution is 2.56. The molecule has 0 rings (SSSR count). The zero-order chi connectivity index (χ0) is 17.1. The largest absolute Gasteiger partial charge is 0.469 e. The van der Waals surface area contributed by atoms with Gasteiger partial charge < -0.3 is 13.8 Å². The van der Waals surface area contributed by atoms with E-state index in [-0.39, 0.29) is 24.0 Å². The molecule has 0 aliphatic carbocycles. The smallest absolute Gasteiger partial charge is 0.331 e. The Kier molecular flexibility index (Phi) is 7.12. The van der Waals surface area contributed by atoms with Gasteiger partial charge >= 0.3 is 13.6 Å². The second-order valence-electron chi connectivity index (χ2n) is 7.49. The Morgan fingerprint density at radius 3 is 1.67 bits per heavy atom. The summed E-state index contributed by atoms with van der Waals surface area (Å²) in [7, 11) is -1.98. The van der Waals surface area contributed by atoms with Gasteiger partial charge in [-0.05, 0) is 47.5 Å². The van der Waals surface area contributed by atoms with Gasteiger partial charge in [0, 0.05) is 0 Å². The Morgan fingerprint density at radius 2 is 1.38 bits per heavy atom. The molecular weight excluding hydrogens is 291 g/mol. The van der Waals surface area contributed by atoms with Gasteiger partial charge in [-0.15, -0.1) is 0 Å². The molecule has 0 aromatic carbocycles. The molecule has 0 amide bonds. The molecule has 0 unspecified atom stereocenters. The van der Waals surface area contributed by atoms with Crippen molar-refractivity contribution in [3.05, 3.63) is 0 Å². The summed E-state index contributed by atoms with van der Waals surface area (Å²) in [5, 5.41) is 0. The highest BCUT2D eigenvalue weighted by Gasteiger charge is 2.38. The van der Waals surface area contributed by atoms with Crippen molar-refractivity contribution in [3.63, 3.8) is 0 Å². The third-order valence-corrected chi connectivity index (χ3v) is 5.44. The van der Waals surface area contributed by atoms with Crippen LogP contribution in [-0.2, 0) is 23.1 Å². The molecule has 0 aliphatic rings. The molecule has 0 fully saturated rings. The molecule has 6 heteroatoms. The monoisotopic (exact) mass is 322 g/mol. The summed E-state index contributed by atoms with van der Waals surface area (Å²) in [5.41, 5.74) is -1.18. The first-order chi connectivity index (χ1) is 9.19. The normalized spacial score (nSPS) is 16.4. The topological polar surface area (TPSA) is 61.8 Å². The van der Waals surface area contributed by atoms with Crippen LogP contribution in [0.2, 0.25) is 0 Å². The molecule has 0 saturated carbocycles. The maximum absolute atomic E-state index is 13.1. The van der Waals surface area contributed by atoms with Gasteiger partial charge in [-0.2, -0.15) is 0 Å². The first kappa shape index (κ1) is 20.6. The number of rotatable bonds is 6. The van der Waals surface area contributed by atoms with E-state index in [0.29, 0.717) is 0 Å². The van der Waals surface area contributed by atoms with E-state index < -0.39 is 18.8 Å². The highest BCUT2D eigenvalue weighted by atomic mass is 31.2. The van der Waals surface area contributed by atoms with Gasteiger partial charge in [0.1, 0.15) is 0 Å². The predicted octanol–water partition coefficient (Wildman–Crippen LogP) is 4.25. The number of ether oxygens (including phenoxy) is 1. The van der Waals surface area contributed by atoms with Gasteiger partial charge in [-0.25, -0.2) is 0 Å². The zero-order valence-electron chi connectivity index (χ0n) is 14.9. The average molecular weight is 322 g/mol. The minimum Gasteiger partial charge on any atom is -0.469 e. The second-order valence-corrected chi connectivity index (χ2v) is 9.44. The summed E-state index contributed by atoms with van der Waals surface area (Å²) >= 11 is 0. The van der Waals surface area contributed by atoms with Crippen molar-refractivity contribution in [2.24, 2.45) is 11.8 Å². The molecule has 0 spiro atoms. The summed E-state index contributed by atoms with van der Waals surface area (Å²) in [6.07, 6.45) is 0.178. The van der Waals surface area contributed by atoms with Gasteiger partial charge in [0.15, 0.2) is 0 Å². The number of methoxy groups -OCH3 is 1. The van der Waals surface area contributed by atoms with Crippen molar-refractivity contribution in [2.45, 2.75) is 66.6 Å². The van der Waals surface area contributed by atoms with E-state index >= 15 is 0 Å². The van der Waals surface area contributed by atoms with Crippen molar-refractivity contribution in [1.82, 2.24) is 0 Å². The minimum atomic E-state index is -3.33. The van der Waals surface area contributed by atoms with Crippen LogP contribution in [0.1, 0.15) is 55.4 Å². The summed E-state index contributed by atoms with van der Waals surface area (Å²) in [4.78, 5) is 11.6. The lowest BCUT2D eigenvalue weighted by Gasteiger charge is -2.34. The highest BCUT2D eigenvalue weighted by molar-refractivity contribution is 7.53. The van der Waals surface area contributed by atoms with E-state index in [2.05, 4.69) is 0 Å². The van der Waals surface area contributed by atoms with Gasteiger partial charge in [-0.3, -0.25) is 9.36 Å². The zero-order valence-corrected chi connectivity index (χ0v) is 15.7. The van der Waals surface area contributed by atoms with E-state index in [1.54, 1.807) is 6.92 Å². The molecule has 0 aromatic rings. The van der Waals surface area contributed by atoms with Crippen molar-refractivity contribution >= 4 is 13.6 Å². The van der Waals surface area contributed by atoms with Crippen LogP contribution in [0.3, 0.4) is 0 Å². The lowest BCUT2D eigenvalue weighted by molar-refractivity contribution is -0.146. The molecular formula is C15H31O5P. The predicted molar refractivity (Wildman–Crippen MR) is 84.5 cm³/mol. The number of esters is 1. The summed E-state index contributed by atoms with van der Waals surface area (Å²) in [6.45, 7) is 14.6. The molecule has 0 saturated heterocycles. The minimum absolute atomic E-state index is 0.173. The van der Waals surface area contributed by atoms with Crippen LogP contribution in [0.25, 0.3) is 0 Å². The van der Waals surface area contributed by atoms with Gasteiger partial charge in [-0.1, -0.05) is 13.8 Å². The number of hydrogen-bond acceptors (Lipinski definition) is 5. The molecule has 5 nitrogen and oxygen atoms in total. The number of hydrogen-bond donors (Lipinski definition) is 0.